The Morgan fingerprint density at radius 3 is 2.55 bits per heavy atom. The van der Waals surface area contributed by atoms with E-state index in [-0.39, 0.29) is 35.7 Å². The highest BCUT2D eigenvalue weighted by Crippen LogP contribution is 2.31. The molecule has 38 heavy (non-hydrogen) atoms. The number of ether oxygens (including phenoxy) is 1. The van der Waals surface area contributed by atoms with Crippen molar-refractivity contribution in [2.24, 2.45) is 0 Å². The average Bonchev–Trinajstić information content (AvgIpc) is 3.22. The van der Waals surface area contributed by atoms with Crippen molar-refractivity contribution in [1.82, 2.24) is 14.5 Å². The van der Waals surface area contributed by atoms with E-state index in [1.165, 1.54) is 35.0 Å². The van der Waals surface area contributed by atoms with Crippen molar-refractivity contribution in [3.05, 3.63) is 83.6 Å². The van der Waals surface area contributed by atoms with Gasteiger partial charge in [-0.1, -0.05) is 12.1 Å². The fraction of sp³-hybridized carbons (Fsp3) is 0.231. The van der Waals surface area contributed by atoms with Crippen LogP contribution in [0, 0.1) is 5.82 Å². The molecule has 0 bridgehead atoms. The zero-order chi connectivity index (χ0) is 27.3. The van der Waals surface area contributed by atoms with E-state index in [0.29, 0.717) is 36.4 Å². The van der Waals surface area contributed by atoms with Crippen molar-refractivity contribution in [2.75, 3.05) is 23.8 Å². The Labute approximate surface area is 214 Å². The number of rotatable bonds is 9. The predicted octanol–water partition coefficient (Wildman–Crippen LogP) is 5.25. The molecule has 0 spiro atoms. The summed E-state index contributed by atoms with van der Waals surface area (Å²) in [5, 5.41) is 5.75. The first-order valence-corrected chi connectivity index (χ1v) is 11.6. The first-order valence-electron chi connectivity index (χ1n) is 11.6. The highest BCUT2D eigenvalue weighted by molar-refractivity contribution is 6.06. The van der Waals surface area contributed by atoms with Crippen molar-refractivity contribution in [2.45, 2.75) is 26.1 Å². The van der Waals surface area contributed by atoms with Gasteiger partial charge in [-0.25, -0.2) is 14.4 Å². The van der Waals surface area contributed by atoms with E-state index in [4.69, 9.17) is 4.74 Å². The maximum absolute atomic E-state index is 13.8. The second-order valence-corrected chi connectivity index (χ2v) is 8.25. The summed E-state index contributed by atoms with van der Waals surface area (Å²) in [6.07, 6.45) is -2.35. The summed E-state index contributed by atoms with van der Waals surface area (Å²) in [5.74, 6) is -0.970. The molecule has 198 valence electrons. The van der Waals surface area contributed by atoms with Gasteiger partial charge in [0.05, 0.1) is 30.5 Å². The molecule has 3 heterocycles. The summed E-state index contributed by atoms with van der Waals surface area (Å²) in [7, 11) is 0. The summed E-state index contributed by atoms with van der Waals surface area (Å²) in [5.41, 5.74) is 0.0603. The van der Waals surface area contributed by atoms with Crippen molar-refractivity contribution >= 4 is 34.4 Å². The molecule has 0 atom stereocenters. The van der Waals surface area contributed by atoms with Crippen molar-refractivity contribution in [3.8, 4) is 0 Å². The lowest BCUT2D eigenvalue weighted by Crippen LogP contribution is -2.18. The average molecular weight is 529 g/mol. The number of amides is 1. The summed E-state index contributed by atoms with van der Waals surface area (Å²) in [4.78, 5) is 32.8. The number of aromatic nitrogens is 3. The minimum Gasteiger partial charge on any atom is -0.466 e. The molecule has 0 fully saturated rings. The van der Waals surface area contributed by atoms with Crippen LogP contribution in [0.2, 0.25) is 0 Å². The fourth-order valence-electron chi connectivity index (χ4n) is 3.76. The third-order valence-corrected chi connectivity index (χ3v) is 5.49. The Morgan fingerprint density at radius 2 is 1.87 bits per heavy atom. The Morgan fingerprint density at radius 1 is 1.05 bits per heavy atom. The van der Waals surface area contributed by atoms with Gasteiger partial charge in [-0.05, 0) is 48.9 Å². The van der Waals surface area contributed by atoms with E-state index in [0.717, 1.165) is 6.07 Å². The first kappa shape index (κ1) is 26.6. The van der Waals surface area contributed by atoms with Gasteiger partial charge in [-0.3, -0.25) is 9.59 Å². The lowest BCUT2D eigenvalue weighted by Gasteiger charge is -2.12. The number of nitrogens with one attached hydrogen (secondary N) is 2. The summed E-state index contributed by atoms with van der Waals surface area (Å²) in [6.45, 7) is 2.33. The molecule has 4 rings (SSSR count). The van der Waals surface area contributed by atoms with Crippen LogP contribution in [0.4, 0.5) is 29.1 Å². The lowest BCUT2D eigenvalue weighted by molar-refractivity contribution is -0.142. The standard InChI is InChI=1S/C26H23F4N5O3/c1-2-38-23(36)8-9-31-22-7-6-20(14-32-22)34-25(37)21-12-17-11-18(26(28,29)30)13-33-24(17)35(21)15-16-4-3-5-19(27)10-16/h3-7,10-14H,2,8-9,15H2,1H3,(H,31,32)(H,34,37). The van der Waals surface area contributed by atoms with E-state index in [9.17, 15) is 27.2 Å². The molecule has 0 saturated carbocycles. The topological polar surface area (TPSA) is 98.1 Å². The van der Waals surface area contributed by atoms with Crippen LogP contribution in [0.25, 0.3) is 11.0 Å². The van der Waals surface area contributed by atoms with Crippen molar-refractivity contribution < 1.29 is 31.9 Å². The Balaban J connectivity index is 1.56. The largest absolute Gasteiger partial charge is 0.466 e. The predicted molar refractivity (Wildman–Crippen MR) is 132 cm³/mol. The van der Waals surface area contributed by atoms with Crippen molar-refractivity contribution in [1.29, 1.82) is 0 Å². The first-order chi connectivity index (χ1) is 18.1. The van der Waals surface area contributed by atoms with Gasteiger partial charge < -0.3 is 19.9 Å². The van der Waals surface area contributed by atoms with Gasteiger partial charge in [0.2, 0.25) is 0 Å². The molecule has 0 aliphatic rings. The highest BCUT2D eigenvalue weighted by atomic mass is 19.4. The second kappa shape index (κ2) is 11.3. The van der Waals surface area contributed by atoms with E-state index in [1.54, 1.807) is 25.1 Å². The van der Waals surface area contributed by atoms with Gasteiger partial charge >= 0.3 is 12.1 Å². The van der Waals surface area contributed by atoms with Crippen LogP contribution < -0.4 is 10.6 Å². The molecule has 4 aromatic rings. The normalized spacial score (nSPS) is 11.4. The van der Waals surface area contributed by atoms with E-state index in [1.807, 2.05) is 0 Å². The number of halogens is 4. The third kappa shape index (κ3) is 6.44. The quantitative estimate of drug-likeness (QED) is 0.227. The summed E-state index contributed by atoms with van der Waals surface area (Å²) >= 11 is 0. The molecule has 1 amide bonds. The Kier molecular flexibility index (Phi) is 7.89. The number of fused-ring (bicyclic) bond motifs is 1. The molecule has 0 radical (unpaired) electrons. The monoisotopic (exact) mass is 529 g/mol. The van der Waals surface area contributed by atoms with Gasteiger partial charge in [0, 0.05) is 24.7 Å². The number of benzene rings is 1. The SMILES string of the molecule is CCOC(=O)CCNc1ccc(NC(=O)c2cc3cc(C(F)(F)F)cnc3n2Cc2cccc(F)c2)cn1. The van der Waals surface area contributed by atoms with E-state index >= 15 is 0 Å². The van der Waals surface area contributed by atoms with Crippen LogP contribution in [-0.4, -0.2) is 39.6 Å². The van der Waals surface area contributed by atoms with E-state index < -0.39 is 23.5 Å². The van der Waals surface area contributed by atoms with Crippen LogP contribution >= 0.6 is 0 Å². The molecule has 0 aliphatic carbocycles. The molecule has 0 unspecified atom stereocenters. The molecule has 0 aliphatic heterocycles. The zero-order valence-corrected chi connectivity index (χ0v) is 20.2. The number of alkyl halides is 3. The number of pyridine rings is 2. The van der Waals surface area contributed by atoms with Gasteiger partial charge in [0.15, 0.2) is 0 Å². The Hall–Kier alpha value is -4.48. The number of hydrogen-bond acceptors (Lipinski definition) is 6. The molecule has 8 nitrogen and oxygen atoms in total. The van der Waals surface area contributed by atoms with Crippen LogP contribution in [0.5, 0.6) is 0 Å². The maximum atomic E-state index is 13.8. The fourth-order valence-corrected chi connectivity index (χ4v) is 3.76. The van der Waals surface area contributed by atoms with Gasteiger partial charge in [-0.15, -0.1) is 0 Å². The molecule has 2 N–H and O–H groups in total. The minimum absolute atomic E-state index is 0.00392. The van der Waals surface area contributed by atoms with Crippen LogP contribution in [0.3, 0.4) is 0 Å². The summed E-state index contributed by atoms with van der Waals surface area (Å²) < 4.78 is 59.8. The highest BCUT2D eigenvalue weighted by Gasteiger charge is 2.32. The van der Waals surface area contributed by atoms with E-state index in [2.05, 4.69) is 20.6 Å². The zero-order valence-electron chi connectivity index (χ0n) is 20.2. The third-order valence-electron chi connectivity index (χ3n) is 5.49. The molecular formula is C26H23F4N5O3. The number of esters is 1. The smallest absolute Gasteiger partial charge is 0.417 e. The molecule has 1 aromatic carbocycles. The summed E-state index contributed by atoms with van der Waals surface area (Å²) in [6, 6.07) is 11.1. The second-order valence-electron chi connectivity index (χ2n) is 8.25. The lowest BCUT2D eigenvalue weighted by atomic mass is 10.2. The van der Waals surface area contributed by atoms with Crippen molar-refractivity contribution in [3.63, 3.8) is 0 Å². The van der Waals surface area contributed by atoms with Gasteiger partial charge in [0.1, 0.15) is 23.0 Å². The van der Waals surface area contributed by atoms with Crippen LogP contribution in [0.15, 0.2) is 60.9 Å². The molecular weight excluding hydrogens is 506 g/mol. The Bertz CT molecular complexity index is 1450. The van der Waals surface area contributed by atoms with Gasteiger partial charge in [0.25, 0.3) is 5.91 Å². The number of anilines is 2. The molecule has 12 heteroatoms. The van der Waals surface area contributed by atoms with Gasteiger partial charge in [-0.2, -0.15) is 13.2 Å². The van der Waals surface area contributed by atoms with Crippen LogP contribution in [-0.2, 0) is 22.3 Å². The number of hydrogen-bond donors (Lipinski definition) is 2. The number of nitrogens with zero attached hydrogens (tertiary/aromatic N) is 3. The molecule has 0 saturated heterocycles. The number of carbonyl (C=O) groups excluding carboxylic acids is 2. The van der Waals surface area contributed by atoms with Crippen LogP contribution in [0.1, 0.15) is 35.0 Å². The number of carbonyl (C=O) groups is 2. The molecule has 3 aromatic heterocycles. The minimum atomic E-state index is -4.61. The maximum Gasteiger partial charge on any atom is 0.417 e.